The molecule has 1 heterocycles. The Kier molecular flexibility index (Phi) is 8.06. The average molecular weight is 494 g/mol. The molecule has 3 rings (SSSR count). The number of piperazine rings is 1. The summed E-state index contributed by atoms with van der Waals surface area (Å²) in [7, 11) is -3.63. The van der Waals surface area contributed by atoms with E-state index in [1.165, 1.54) is 34.3 Å². The van der Waals surface area contributed by atoms with Gasteiger partial charge in [-0.15, -0.1) is 0 Å². The highest BCUT2D eigenvalue weighted by molar-refractivity contribution is 7.89. The number of carbonyl (C=O) groups excluding carboxylic acids is 3. The van der Waals surface area contributed by atoms with E-state index in [-0.39, 0.29) is 41.7 Å². The molecule has 1 fully saturated rings. The molecule has 9 nitrogen and oxygen atoms in total. The van der Waals surface area contributed by atoms with E-state index in [9.17, 15) is 22.8 Å². The third-order valence-corrected chi connectivity index (χ3v) is 7.37. The maximum absolute atomic E-state index is 12.7. The molecule has 11 heteroatoms. The lowest BCUT2D eigenvalue weighted by Gasteiger charge is -2.33. The molecule has 0 aliphatic carbocycles. The van der Waals surface area contributed by atoms with E-state index < -0.39 is 40.5 Å². The zero-order valence-electron chi connectivity index (χ0n) is 17.9. The number of nitrogens with one attached hydrogen (secondary N) is 1. The number of halogens is 1. The van der Waals surface area contributed by atoms with Crippen LogP contribution in [0.25, 0.3) is 0 Å². The molecule has 1 N–H and O–H groups in total. The van der Waals surface area contributed by atoms with Crippen LogP contribution in [-0.2, 0) is 24.3 Å². The lowest BCUT2D eigenvalue weighted by atomic mass is 10.2. The van der Waals surface area contributed by atoms with Gasteiger partial charge in [0.1, 0.15) is 6.04 Å². The van der Waals surface area contributed by atoms with Crippen molar-refractivity contribution in [3.63, 3.8) is 0 Å². The first-order valence-corrected chi connectivity index (χ1v) is 12.1. The highest BCUT2D eigenvalue weighted by atomic mass is 35.5. The van der Waals surface area contributed by atoms with Gasteiger partial charge in [0.2, 0.25) is 10.0 Å². The highest BCUT2D eigenvalue weighted by Crippen LogP contribution is 2.17. The summed E-state index contributed by atoms with van der Waals surface area (Å²) in [5.74, 6) is -1.74. The Bertz CT molecular complexity index is 1120. The number of hydrogen-bond acceptors (Lipinski definition) is 6. The van der Waals surface area contributed by atoms with Gasteiger partial charge in [0.25, 0.3) is 11.8 Å². The molecule has 1 aliphatic heterocycles. The minimum atomic E-state index is -3.63. The van der Waals surface area contributed by atoms with Gasteiger partial charge in [-0.05, 0) is 31.2 Å². The molecule has 0 aromatic heterocycles. The van der Waals surface area contributed by atoms with Gasteiger partial charge in [-0.3, -0.25) is 9.59 Å². The fourth-order valence-corrected chi connectivity index (χ4v) is 4.91. The van der Waals surface area contributed by atoms with Crippen LogP contribution in [0, 0.1) is 0 Å². The van der Waals surface area contributed by atoms with Crippen molar-refractivity contribution in [2.24, 2.45) is 0 Å². The summed E-state index contributed by atoms with van der Waals surface area (Å²) in [6, 6.07) is 13.5. The van der Waals surface area contributed by atoms with Crippen LogP contribution in [0.2, 0.25) is 5.02 Å². The van der Waals surface area contributed by atoms with Gasteiger partial charge in [0.05, 0.1) is 15.5 Å². The Morgan fingerprint density at radius 1 is 1.00 bits per heavy atom. The number of hydrogen-bond donors (Lipinski definition) is 1. The van der Waals surface area contributed by atoms with Crippen LogP contribution in [0.1, 0.15) is 17.3 Å². The zero-order valence-corrected chi connectivity index (χ0v) is 19.5. The lowest BCUT2D eigenvalue weighted by Crippen LogP contribution is -2.51. The molecule has 2 aromatic carbocycles. The van der Waals surface area contributed by atoms with E-state index in [0.29, 0.717) is 0 Å². The second kappa shape index (κ2) is 10.8. The van der Waals surface area contributed by atoms with Crippen LogP contribution in [0.5, 0.6) is 0 Å². The molecule has 2 aromatic rings. The molecular formula is C22H24ClN3O6S. The van der Waals surface area contributed by atoms with Crippen molar-refractivity contribution in [1.29, 1.82) is 0 Å². The van der Waals surface area contributed by atoms with Crippen LogP contribution < -0.4 is 5.32 Å². The second-order valence-corrected chi connectivity index (χ2v) is 9.73. The summed E-state index contributed by atoms with van der Waals surface area (Å²) in [6.07, 6.45) is 0. The molecule has 0 spiro atoms. The maximum atomic E-state index is 12.7. The highest BCUT2D eigenvalue weighted by Gasteiger charge is 2.30. The molecule has 2 amide bonds. The van der Waals surface area contributed by atoms with E-state index >= 15 is 0 Å². The van der Waals surface area contributed by atoms with Crippen molar-refractivity contribution in [2.45, 2.75) is 17.9 Å². The van der Waals surface area contributed by atoms with Gasteiger partial charge in [0, 0.05) is 26.2 Å². The predicted molar refractivity (Wildman–Crippen MR) is 121 cm³/mol. The van der Waals surface area contributed by atoms with E-state index in [2.05, 4.69) is 5.32 Å². The number of carbonyl (C=O) groups is 3. The zero-order chi connectivity index (χ0) is 24.0. The largest absolute Gasteiger partial charge is 0.454 e. The average Bonchev–Trinajstić information content (AvgIpc) is 2.83. The first kappa shape index (κ1) is 24.7. The standard InChI is InChI=1S/C22H24ClN3O6S/c1-16(24-21(28)18-9-5-6-10-19(18)23)22(29)32-15-20(27)25-11-13-26(14-12-25)33(30,31)17-7-3-2-4-8-17/h2-10,16H,11-15H2,1H3,(H,24,28)/t16-/m0/s1. The number of benzene rings is 2. The van der Waals surface area contributed by atoms with E-state index in [1.807, 2.05) is 0 Å². The Balaban J connectivity index is 1.46. The van der Waals surface area contributed by atoms with Crippen molar-refractivity contribution in [1.82, 2.24) is 14.5 Å². The Morgan fingerprint density at radius 3 is 2.24 bits per heavy atom. The number of rotatable bonds is 7. The third kappa shape index (κ3) is 6.10. The molecular weight excluding hydrogens is 470 g/mol. The summed E-state index contributed by atoms with van der Waals surface area (Å²) in [4.78, 5) is 38.5. The molecule has 1 saturated heterocycles. The van der Waals surface area contributed by atoms with Gasteiger partial charge in [-0.25, -0.2) is 13.2 Å². The summed E-state index contributed by atoms with van der Waals surface area (Å²) in [6.45, 7) is 1.58. The van der Waals surface area contributed by atoms with Gasteiger partial charge in [-0.1, -0.05) is 41.9 Å². The summed E-state index contributed by atoms with van der Waals surface area (Å²) >= 11 is 5.98. The normalized spacial score (nSPS) is 15.5. The number of sulfonamides is 1. The Hall–Kier alpha value is -2.95. The van der Waals surface area contributed by atoms with Crippen LogP contribution in [0.15, 0.2) is 59.5 Å². The number of nitrogens with zero attached hydrogens (tertiary/aromatic N) is 2. The van der Waals surface area contributed by atoms with Gasteiger partial charge in [-0.2, -0.15) is 4.31 Å². The predicted octanol–water partition coefficient (Wildman–Crippen LogP) is 1.53. The van der Waals surface area contributed by atoms with Crippen molar-refractivity contribution in [3.8, 4) is 0 Å². The van der Waals surface area contributed by atoms with Crippen LogP contribution in [0.3, 0.4) is 0 Å². The quantitative estimate of drug-likeness (QED) is 0.585. The van der Waals surface area contributed by atoms with E-state index in [4.69, 9.17) is 16.3 Å². The van der Waals surface area contributed by atoms with Gasteiger partial charge < -0.3 is 15.0 Å². The Morgan fingerprint density at radius 2 is 1.61 bits per heavy atom. The minimum absolute atomic E-state index is 0.140. The summed E-state index contributed by atoms with van der Waals surface area (Å²) in [5, 5.41) is 2.73. The van der Waals surface area contributed by atoms with E-state index in [0.717, 1.165) is 0 Å². The van der Waals surface area contributed by atoms with E-state index in [1.54, 1.807) is 36.4 Å². The molecule has 1 aliphatic rings. The summed E-state index contributed by atoms with van der Waals surface area (Å²) in [5.41, 5.74) is 0.221. The molecule has 1 atom stereocenters. The molecule has 0 bridgehead atoms. The van der Waals surface area contributed by atoms with Crippen molar-refractivity contribution >= 4 is 39.4 Å². The van der Waals surface area contributed by atoms with Gasteiger partial charge in [0.15, 0.2) is 6.61 Å². The summed E-state index contributed by atoms with van der Waals surface area (Å²) < 4.78 is 31.7. The second-order valence-electron chi connectivity index (χ2n) is 7.38. The monoisotopic (exact) mass is 493 g/mol. The smallest absolute Gasteiger partial charge is 0.328 e. The SMILES string of the molecule is C[C@H](NC(=O)c1ccccc1Cl)C(=O)OCC(=O)N1CCN(S(=O)(=O)c2ccccc2)CC1. The maximum Gasteiger partial charge on any atom is 0.328 e. The Labute approximate surface area is 197 Å². The first-order valence-electron chi connectivity index (χ1n) is 10.2. The number of ether oxygens (including phenoxy) is 1. The minimum Gasteiger partial charge on any atom is -0.454 e. The molecule has 0 radical (unpaired) electrons. The molecule has 33 heavy (non-hydrogen) atoms. The number of amides is 2. The topological polar surface area (TPSA) is 113 Å². The van der Waals surface area contributed by atoms with Crippen LogP contribution >= 0.6 is 11.6 Å². The third-order valence-electron chi connectivity index (χ3n) is 5.13. The van der Waals surface area contributed by atoms with Crippen LogP contribution in [0.4, 0.5) is 0 Å². The number of esters is 1. The molecule has 176 valence electrons. The first-order chi connectivity index (χ1) is 15.7. The van der Waals surface area contributed by atoms with Crippen LogP contribution in [-0.4, -0.2) is 74.2 Å². The van der Waals surface area contributed by atoms with Crippen molar-refractivity contribution < 1.29 is 27.5 Å². The fourth-order valence-electron chi connectivity index (χ4n) is 3.25. The van der Waals surface area contributed by atoms with Gasteiger partial charge >= 0.3 is 5.97 Å². The molecule has 0 unspecified atom stereocenters. The lowest BCUT2D eigenvalue weighted by molar-refractivity contribution is -0.153. The molecule has 0 saturated carbocycles. The van der Waals surface area contributed by atoms with Crippen molar-refractivity contribution in [2.75, 3.05) is 32.8 Å². The van der Waals surface area contributed by atoms with Crippen molar-refractivity contribution in [3.05, 3.63) is 65.2 Å². The fraction of sp³-hybridized carbons (Fsp3) is 0.318.